The van der Waals surface area contributed by atoms with E-state index in [1.807, 2.05) is 97.1 Å². The molecule has 12 heteroatoms. The second-order valence-electron chi connectivity index (χ2n) is 18.2. The van der Waals surface area contributed by atoms with E-state index in [1.165, 1.54) is 4.90 Å². The molecular weight excluding hydrogens is 829 g/mol. The number of nitrogens with zero attached hydrogens (tertiary/aromatic N) is 2. The average molecular weight is 884 g/mol. The summed E-state index contributed by atoms with van der Waals surface area (Å²) >= 11 is 0. The zero-order valence-corrected chi connectivity index (χ0v) is 38.0. The predicted molar refractivity (Wildman–Crippen MR) is 258 cm³/mol. The topological polar surface area (TPSA) is 134 Å². The molecule has 2 fully saturated rings. The van der Waals surface area contributed by atoms with Crippen molar-refractivity contribution in [2.24, 2.45) is 17.8 Å². The van der Waals surface area contributed by atoms with Gasteiger partial charge < -0.3 is 28.9 Å². The summed E-state index contributed by atoms with van der Waals surface area (Å²) in [5, 5.41) is 26.6. The lowest BCUT2D eigenvalue weighted by molar-refractivity contribution is -0.122. The number of aliphatic hydroxyl groups is 1. The van der Waals surface area contributed by atoms with Crippen LogP contribution < -0.4 is 20.6 Å². The van der Waals surface area contributed by atoms with E-state index >= 15 is 0 Å². The highest BCUT2D eigenvalue weighted by molar-refractivity contribution is 6.99. The largest absolute Gasteiger partial charge is 0.459 e. The highest BCUT2D eigenvalue weighted by Gasteiger charge is 2.58. The standard InChI is InChI=1S/C53H54BN3O7Si/c1-53(2,3)65(43-17-9-5-10-18-43,44-19-11-6-12-20-44)62-35-37-32-45-50(52(60)57(51(45)59)40-25-23-39(24-26-40)56-38-15-7-4-8-16-38)46-33-54(61)64-48(49(37)46)29-22-36(47-21-13-14-30-55-47)31-41-27-28-42(34-58)63-41/h4-21,23-28,30-31,45-46,48,50,56,58,61H,22,29,32-35H2,1-3H3/b36-31-/t45-,46+,48-,50-/m1/s1. The Bertz CT molecular complexity index is 2630. The van der Waals surface area contributed by atoms with E-state index in [4.69, 9.17) is 13.5 Å². The van der Waals surface area contributed by atoms with Crippen molar-refractivity contribution >= 4 is 66.3 Å². The molecule has 65 heavy (non-hydrogen) atoms. The monoisotopic (exact) mass is 883 g/mol. The Balaban J connectivity index is 1.10. The van der Waals surface area contributed by atoms with Gasteiger partial charge in [-0.3, -0.25) is 19.5 Å². The molecular formula is C53H54BN3O7Si. The van der Waals surface area contributed by atoms with Crippen molar-refractivity contribution in [3.8, 4) is 0 Å². The van der Waals surface area contributed by atoms with Crippen molar-refractivity contribution in [1.82, 2.24) is 4.98 Å². The molecule has 0 saturated carbocycles. The number of carbonyl (C=O) groups excluding carboxylic acids is 2. The second-order valence-corrected chi connectivity index (χ2v) is 22.5. The highest BCUT2D eigenvalue weighted by Crippen LogP contribution is 2.52. The lowest BCUT2D eigenvalue weighted by atomic mass is 9.58. The van der Waals surface area contributed by atoms with Gasteiger partial charge in [-0.25, -0.2) is 0 Å². The molecule has 6 aromatic rings. The fourth-order valence-electron chi connectivity index (χ4n) is 10.3. The zero-order chi connectivity index (χ0) is 45.1. The molecule has 0 bridgehead atoms. The van der Waals surface area contributed by atoms with Gasteiger partial charge in [0.15, 0.2) is 0 Å². The Morgan fingerprint density at radius 1 is 0.831 bits per heavy atom. The third-order valence-electron chi connectivity index (χ3n) is 13.2. The fraction of sp³-hybridized carbons (Fsp3) is 0.264. The number of fused-ring (bicyclic) bond motifs is 3. The summed E-state index contributed by atoms with van der Waals surface area (Å²) in [5.74, 6) is -1.29. The van der Waals surface area contributed by atoms with Crippen molar-refractivity contribution in [3.63, 3.8) is 0 Å². The van der Waals surface area contributed by atoms with Gasteiger partial charge in [0.1, 0.15) is 18.1 Å². The third kappa shape index (κ3) is 8.84. The first-order valence-electron chi connectivity index (χ1n) is 22.5. The van der Waals surface area contributed by atoms with Crippen LogP contribution in [0.25, 0.3) is 11.6 Å². The van der Waals surface area contributed by atoms with E-state index in [2.05, 4.69) is 79.6 Å². The Morgan fingerprint density at radius 2 is 1.48 bits per heavy atom. The van der Waals surface area contributed by atoms with Crippen molar-refractivity contribution in [2.75, 3.05) is 16.8 Å². The summed E-state index contributed by atoms with van der Waals surface area (Å²) in [6.07, 6.45) is 4.49. The zero-order valence-electron chi connectivity index (χ0n) is 37.0. The average Bonchev–Trinajstić information content (AvgIpc) is 3.89. The molecule has 4 aromatic carbocycles. The van der Waals surface area contributed by atoms with Crippen LogP contribution in [0.3, 0.4) is 0 Å². The van der Waals surface area contributed by atoms with Gasteiger partial charge in [0.05, 0.1) is 35.9 Å². The molecule has 1 aliphatic carbocycles. The maximum atomic E-state index is 14.9. The molecule has 0 radical (unpaired) electrons. The van der Waals surface area contributed by atoms with Crippen LogP contribution in [-0.4, -0.2) is 55.1 Å². The molecule has 3 N–H and O–H groups in total. The number of imide groups is 1. The maximum absolute atomic E-state index is 14.9. The fourth-order valence-corrected chi connectivity index (χ4v) is 14.9. The van der Waals surface area contributed by atoms with Gasteiger partial charge in [-0.05, 0) is 130 Å². The minimum Gasteiger partial charge on any atom is -0.459 e. The van der Waals surface area contributed by atoms with E-state index < -0.39 is 39.3 Å². The number of carbonyl (C=O) groups is 2. The van der Waals surface area contributed by atoms with Crippen LogP contribution in [0.15, 0.2) is 167 Å². The molecule has 3 aliphatic rings. The summed E-state index contributed by atoms with van der Waals surface area (Å²) in [5.41, 5.74) is 5.78. The summed E-state index contributed by atoms with van der Waals surface area (Å²) < 4.78 is 20.0. The highest BCUT2D eigenvalue weighted by atomic mass is 28.4. The number of amides is 2. The van der Waals surface area contributed by atoms with Crippen LogP contribution in [0.1, 0.15) is 57.2 Å². The number of nitrogens with one attached hydrogen (secondary N) is 1. The smallest absolute Gasteiger partial charge is 0.455 e. The number of furan rings is 1. The van der Waals surface area contributed by atoms with Crippen LogP contribution in [0.4, 0.5) is 17.1 Å². The van der Waals surface area contributed by atoms with Crippen LogP contribution in [0.5, 0.6) is 0 Å². The van der Waals surface area contributed by atoms with E-state index in [-0.39, 0.29) is 36.4 Å². The van der Waals surface area contributed by atoms with Gasteiger partial charge in [-0.1, -0.05) is 106 Å². The first-order valence-corrected chi connectivity index (χ1v) is 24.4. The number of para-hydroxylation sites is 1. The van der Waals surface area contributed by atoms with Crippen LogP contribution in [0.2, 0.25) is 11.4 Å². The third-order valence-corrected chi connectivity index (χ3v) is 18.2. The number of rotatable bonds is 14. The molecule has 4 atom stereocenters. The molecule has 2 aliphatic heterocycles. The lowest BCUT2D eigenvalue weighted by Gasteiger charge is -2.46. The summed E-state index contributed by atoms with van der Waals surface area (Å²) in [7, 11) is -4.21. The number of aliphatic hydroxyl groups excluding tert-OH is 1. The molecule has 330 valence electrons. The minimum atomic E-state index is -3.05. The van der Waals surface area contributed by atoms with E-state index in [0.717, 1.165) is 44.2 Å². The molecule has 2 saturated heterocycles. The van der Waals surface area contributed by atoms with Gasteiger partial charge in [0, 0.05) is 17.6 Å². The number of hydrogen-bond acceptors (Lipinski definition) is 9. The maximum Gasteiger partial charge on any atom is 0.455 e. The van der Waals surface area contributed by atoms with E-state index in [1.54, 1.807) is 12.3 Å². The van der Waals surface area contributed by atoms with E-state index in [0.29, 0.717) is 36.5 Å². The lowest BCUT2D eigenvalue weighted by Crippen LogP contribution is -2.66. The molecule has 10 nitrogen and oxygen atoms in total. The normalized spacial score (nSPS) is 20.2. The molecule has 4 heterocycles. The summed E-state index contributed by atoms with van der Waals surface area (Å²) in [4.78, 5) is 35.7. The quantitative estimate of drug-likeness (QED) is 0.0558. The van der Waals surface area contributed by atoms with Crippen molar-refractivity contribution in [3.05, 3.63) is 180 Å². The van der Waals surface area contributed by atoms with Crippen molar-refractivity contribution in [1.29, 1.82) is 0 Å². The molecule has 0 spiro atoms. The van der Waals surface area contributed by atoms with Gasteiger partial charge in [-0.2, -0.15) is 0 Å². The van der Waals surface area contributed by atoms with Crippen LogP contribution >= 0.6 is 0 Å². The van der Waals surface area contributed by atoms with E-state index in [9.17, 15) is 19.7 Å². The molecule has 2 aromatic heterocycles. The van der Waals surface area contributed by atoms with Gasteiger partial charge in [0.2, 0.25) is 11.8 Å². The molecule has 9 rings (SSSR count). The Kier molecular flexibility index (Phi) is 12.7. The Hall–Kier alpha value is -6.15. The second kappa shape index (κ2) is 18.8. The summed E-state index contributed by atoms with van der Waals surface area (Å²) in [6.45, 7) is 6.73. The Morgan fingerprint density at radius 3 is 2.09 bits per heavy atom. The minimum absolute atomic E-state index is 0.168. The van der Waals surface area contributed by atoms with Crippen molar-refractivity contribution < 1.29 is 33.2 Å². The number of allylic oxidation sites excluding steroid dienone is 1. The first-order chi connectivity index (χ1) is 31.5. The van der Waals surface area contributed by atoms with Crippen LogP contribution in [-0.2, 0) is 25.3 Å². The molecule has 2 amide bonds. The van der Waals surface area contributed by atoms with Crippen LogP contribution in [0, 0.1) is 17.8 Å². The SMILES string of the molecule is CC(C)(C)[Si](OCC1=C2[C@@H](CC/C(=C/c3ccc(CO)o3)c3ccccn3)OB(O)C[C@@H]2[C@@H]2C(=O)N(c3ccc(Nc4ccccc4)cc3)C(=O)[C@@H]2C1)(c1ccccc1)c1ccccc1. The number of pyridine rings is 1. The van der Waals surface area contributed by atoms with Gasteiger partial charge in [0.25, 0.3) is 8.32 Å². The molecule has 0 unspecified atom stereocenters. The number of hydrogen-bond donors (Lipinski definition) is 3. The van der Waals surface area contributed by atoms with Gasteiger partial charge in [-0.15, -0.1) is 0 Å². The predicted octanol–water partition coefficient (Wildman–Crippen LogP) is 8.81. The van der Waals surface area contributed by atoms with Crippen molar-refractivity contribution in [2.45, 2.75) is 64.1 Å². The summed E-state index contributed by atoms with van der Waals surface area (Å²) in [6, 6.07) is 47.5. The first kappa shape index (κ1) is 44.1. The number of benzene rings is 4. The Labute approximate surface area is 381 Å². The number of anilines is 3. The van der Waals surface area contributed by atoms with Gasteiger partial charge >= 0.3 is 7.12 Å². The number of aromatic nitrogens is 1.